The smallest absolute Gasteiger partial charge is 0.123 e. The summed E-state index contributed by atoms with van der Waals surface area (Å²) in [5, 5.41) is 4.42. The minimum absolute atomic E-state index is 0.233. The molecule has 3 rings (SSSR count). The highest BCUT2D eigenvalue weighted by molar-refractivity contribution is 5.34. The highest BCUT2D eigenvalue weighted by Crippen LogP contribution is 2.23. The molecule has 5 nitrogen and oxygen atoms in total. The first-order valence-corrected chi connectivity index (χ1v) is 9.37. The molecule has 0 aliphatic carbocycles. The topological polar surface area (TPSA) is 39.5 Å². The summed E-state index contributed by atoms with van der Waals surface area (Å²) in [4.78, 5) is 2.26. The highest BCUT2D eigenvalue weighted by atomic mass is 19.1. The zero-order valence-corrected chi connectivity index (χ0v) is 15.7. The van der Waals surface area contributed by atoms with Crippen molar-refractivity contribution in [3.05, 3.63) is 47.5 Å². The number of benzene rings is 1. The molecule has 1 aliphatic rings. The number of hydrogen-bond acceptors (Lipinski definition) is 4. The lowest BCUT2D eigenvalue weighted by Gasteiger charge is -2.25. The number of fused-ring (bicyclic) bond motifs is 1. The van der Waals surface area contributed by atoms with Crippen molar-refractivity contribution in [1.82, 2.24) is 14.7 Å². The molecule has 0 saturated heterocycles. The minimum Gasteiger partial charge on any atom is -0.493 e. The van der Waals surface area contributed by atoms with Crippen molar-refractivity contribution in [3.8, 4) is 5.75 Å². The van der Waals surface area contributed by atoms with Crippen LogP contribution in [0.4, 0.5) is 4.39 Å². The molecule has 0 spiro atoms. The summed E-state index contributed by atoms with van der Waals surface area (Å²) < 4.78 is 27.5. The molecule has 1 aromatic carbocycles. The fourth-order valence-electron chi connectivity index (χ4n) is 3.21. The maximum absolute atomic E-state index is 13.8. The Kier molecular flexibility index (Phi) is 6.63. The van der Waals surface area contributed by atoms with Gasteiger partial charge in [0.1, 0.15) is 11.6 Å². The number of hydrogen-bond donors (Lipinski definition) is 0. The number of rotatable bonds is 3. The average molecular weight is 361 g/mol. The van der Waals surface area contributed by atoms with Crippen LogP contribution in [0.15, 0.2) is 30.5 Å². The van der Waals surface area contributed by atoms with E-state index in [9.17, 15) is 4.39 Å². The van der Waals surface area contributed by atoms with Gasteiger partial charge in [-0.1, -0.05) is 0 Å². The van der Waals surface area contributed by atoms with E-state index in [1.807, 2.05) is 16.9 Å². The summed E-state index contributed by atoms with van der Waals surface area (Å²) in [5.74, 6) is 0.540. The van der Waals surface area contributed by atoms with Crippen molar-refractivity contribution in [3.63, 3.8) is 0 Å². The molecule has 0 unspecified atom stereocenters. The van der Waals surface area contributed by atoms with Crippen LogP contribution in [0.3, 0.4) is 0 Å². The van der Waals surface area contributed by atoms with Gasteiger partial charge in [0.15, 0.2) is 0 Å². The van der Waals surface area contributed by atoms with E-state index in [2.05, 4.69) is 23.8 Å². The SMILES string of the molecule is CC(C)n1nccc1CN1CCOCCCCOc2ccc(F)cc2C1. The summed E-state index contributed by atoms with van der Waals surface area (Å²) >= 11 is 0. The molecule has 1 aliphatic heterocycles. The van der Waals surface area contributed by atoms with Crippen molar-refractivity contribution < 1.29 is 13.9 Å². The fraction of sp³-hybridized carbons (Fsp3) is 0.550. The first kappa shape index (κ1) is 18.9. The second-order valence-electron chi connectivity index (χ2n) is 6.99. The normalized spacial score (nSPS) is 17.2. The molecular formula is C20H28FN3O2. The Balaban J connectivity index is 1.81. The first-order valence-electron chi connectivity index (χ1n) is 9.37. The molecule has 0 N–H and O–H groups in total. The second kappa shape index (κ2) is 9.14. The molecule has 0 atom stereocenters. The van der Waals surface area contributed by atoms with E-state index in [1.54, 1.807) is 12.1 Å². The first-order chi connectivity index (χ1) is 12.6. The van der Waals surface area contributed by atoms with Gasteiger partial charge in [0.25, 0.3) is 0 Å². The van der Waals surface area contributed by atoms with Gasteiger partial charge in [-0.3, -0.25) is 9.58 Å². The monoisotopic (exact) mass is 361 g/mol. The van der Waals surface area contributed by atoms with Gasteiger partial charge in [-0.25, -0.2) is 4.39 Å². The number of ether oxygens (including phenoxy) is 2. The van der Waals surface area contributed by atoms with Crippen LogP contribution in [-0.4, -0.2) is 41.0 Å². The quantitative estimate of drug-likeness (QED) is 0.834. The second-order valence-corrected chi connectivity index (χ2v) is 6.99. The largest absolute Gasteiger partial charge is 0.493 e. The molecule has 142 valence electrons. The van der Waals surface area contributed by atoms with Crippen LogP contribution in [0, 0.1) is 5.82 Å². The summed E-state index contributed by atoms with van der Waals surface area (Å²) in [6.45, 7) is 8.40. The van der Waals surface area contributed by atoms with Crippen LogP contribution in [0.25, 0.3) is 0 Å². The third-order valence-corrected chi connectivity index (χ3v) is 4.54. The standard InChI is InChI=1S/C20H28FN3O2/c1-16(2)24-19(7-8-22-24)15-23-9-12-25-10-3-4-11-26-20-6-5-18(21)13-17(20)14-23/h5-8,13,16H,3-4,9-12,14-15H2,1-2H3. The maximum atomic E-state index is 13.8. The van der Waals surface area contributed by atoms with Crippen LogP contribution >= 0.6 is 0 Å². The van der Waals surface area contributed by atoms with Crippen molar-refractivity contribution >= 4 is 0 Å². The van der Waals surface area contributed by atoms with E-state index in [0.29, 0.717) is 25.8 Å². The predicted molar refractivity (Wildman–Crippen MR) is 98.7 cm³/mol. The summed E-state index contributed by atoms with van der Waals surface area (Å²) in [5.41, 5.74) is 2.02. The molecule has 2 aromatic rings. The number of aromatic nitrogens is 2. The van der Waals surface area contributed by atoms with Gasteiger partial charge < -0.3 is 9.47 Å². The van der Waals surface area contributed by atoms with Gasteiger partial charge in [0.05, 0.1) is 18.9 Å². The number of nitrogens with zero attached hydrogens (tertiary/aromatic N) is 3. The van der Waals surface area contributed by atoms with Crippen LogP contribution < -0.4 is 4.74 Å². The average Bonchev–Trinajstić information content (AvgIpc) is 3.05. The molecular weight excluding hydrogens is 333 g/mol. The molecule has 2 heterocycles. The molecule has 6 heteroatoms. The molecule has 0 fully saturated rings. The Bertz CT molecular complexity index is 702. The van der Waals surface area contributed by atoms with Gasteiger partial charge in [-0.05, 0) is 51.0 Å². The van der Waals surface area contributed by atoms with E-state index < -0.39 is 0 Å². The van der Waals surface area contributed by atoms with E-state index in [1.165, 1.54) is 6.07 Å². The van der Waals surface area contributed by atoms with Gasteiger partial charge in [-0.2, -0.15) is 5.10 Å². The molecule has 0 amide bonds. The predicted octanol–water partition coefficient (Wildman–Crippen LogP) is 3.79. The number of halogens is 1. The summed E-state index contributed by atoms with van der Waals surface area (Å²) in [6.07, 6.45) is 3.74. The van der Waals surface area contributed by atoms with Crippen molar-refractivity contribution in [2.45, 2.75) is 45.8 Å². The Hall–Kier alpha value is -1.92. The van der Waals surface area contributed by atoms with Crippen LogP contribution in [0.1, 0.15) is 44.0 Å². The summed E-state index contributed by atoms with van der Waals surface area (Å²) in [6, 6.07) is 7.13. The zero-order chi connectivity index (χ0) is 18.4. The van der Waals surface area contributed by atoms with Gasteiger partial charge in [0.2, 0.25) is 0 Å². The maximum Gasteiger partial charge on any atom is 0.123 e. The molecule has 0 bridgehead atoms. The van der Waals surface area contributed by atoms with Gasteiger partial charge >= 0.3 is 0 Å². The third-order valence-electron chi connectivity index (χ3n) is 4.54. The Labute approximate surface area is 154 Å². The summed E-state index contributed by atoms with van der Waals surface area (Å²) in [7, 11) is 0. The van der Waals surface area contributed by atoms with E-state index in [4.69, 9.17) is 9.47 Å². The lowest BCUT2D eigenvalue weighted by Crippen LogP contribution is -2.29. The molecule has 1 aromatic heterocycles. The van der Waals surface area contributed by atoms with E-state index in [0.717, 1.165) is 49.5 Å². The molecule has 0 saturated carbocycles. The molecule has 0 radical (unpaired) electrons. The van der Waals surface area contributed by atoms with E-state index in [-0.39, 0.29) is 5.82 Å². The van der Waals surface area contributed by atoms with E-state index >= 15 is 0 Å². The van der Waals surface area contributed by atoms with Crippen LogP contribution in [0.2, 0.25) is 0 Å². The lowest BCUT2D eigenvalue weighted by molar-refractivity contribution is 0.0898. The van der Waals surface area contributed by atoms with Gasteiger partial charge in [-0.15, -0.1) is 0 Å². The van der Waals surface area contributed by atoms with Crippen molar-refractivity contribution in [2.24, 2.45) is 0 Å². The molecule has 26 heavy (non-hydrogen) atoms. The Morgan fingerprint density at radius 2 is 2.00 bits per heavy atom. The minimum atomic E-state index is -0.233. The van der Waals surface area contributed by atoms with Crippen LogP contribution in [0.5, 0.6) is 5.75 Å². The Morgan fingerprint density at radius 3 is 2.85 bits per heavy atom. The van der Waals surface area contributed by atoms with Gasteiger partial charge in [0, 0.05) is 44.0 Å². The Morgan fingerprint density at radius 1 is 1.15 bits per heavy atom. The van der Waals surface area contributed by atoms with Crippen LogP contribution in [-0.2, 0) is 17.8 Å². The fourth-order valence-corrected chi connectivity index (χ4v) is 3.21. The van der Waals surface area contributed by atoms with Crippen molar-refractivity contribution in [2.75, 3.05) is 26.4 Å². The lowest BCUT2D eigenvalue weighted by atomic mass is 10.1. The van der Waals surface area contributed by atoms with Crippen molar-refractivity contribution in [1.29, 1.82) is 0 Å². The highest BCUT2D eigenvalue weighted by Gasteiger charge is 2.16. The zero-order valence-electron chi connectivity index (χ0n) is 15.7. The third kappa shape index (κ3) is 5.05.